The number of carbonyl (C=O) groups is 1. The molecule has 1 aromatic heterocycles. The third-order valence-electron chi connectivity index (χ3n) is 3.49. The molecule has 0 unspecified atom stereocenters. The summed E-state index contributed by atoms with van der Waals surface area (Å²) in [6.45, 7) is 1.78. The lowest BCUT2D eigenvalue weighted by molar-refractivity contribution is 0.0682. The second-order valence-corrected chi connectivity index (χ2v) is 4.65. The van der Waals surface area contributed by atoms with E-state index in [1.165, 1.54) is 17.5 Å². The van der Waals surface area contributed by atoms with Crippen LogP contribution < -0.4 is 0 Å². The largest absolute Gasteiger partial charge is 0.477 e. The van der Waals surface area contributed by atoms with Gasteiger partial charge in [-0.15, -0.1) is 0 Å². The number of rotatable bonds is 2. The average molecular weight is 221 g/mol. The molecule has 1 aliphatic carbocycles. The number of hydrogen-bond donors (Lipinski definition) is 1. The lowest BCUT2D eigenvalue weighted by Crippen LogP contribution is -2.32. The van der Waals surface area contributed by atoms with E-state index < -0.39 is 5.97 Å². The summed E-state index contributed by atoms with van der Waals surface area (Å²) in [7, 11) is 1.71. The summed E-state index contributed by atoms with van der Waals surface area (Å²) < 4.78 is 1.50. The van der Waals surface area contributed by atoms with E-state index >= 15 is 0 Å². The SMILES string of the molecule is Cn1nc2c(c1C(=O)O)CN(C1CC1)CC2. The van der Waals surface area contributed by atoms with Crippen molar-refractivity contribution in [1.82, 2.24) is 14.7 Å². The van der Waals surface area contributed by atoms with Crippen LogP contribution in [0.2, 0.25) is 0 Å². The lowest BCUT2D eigenvalue weighted by Gasteiger charge is -2.26. The molecule has 3 rings (SSSR count). The first-order valence-corrected chi connectivity index (χ1v) is 5.69. The molecular weight excluding hydrogens is 206 g/mol. The Balaban J connectivity index is 1.97. The first-order valence-electron chi connectivity index (χ1n) is 5.69. The summed E-state index contributed by atoms with van der Waals surface area (Å²) >= 11 is 0. The Labute approximate surface area is 93.7 Å². The van der Waals surface area contributed by atoms with E-state index in [9.17, 15) is 9.90 Å². The first-order chi connectivity index (χ1) is 7.66. The van der Waals surface area contributed by atoms with Crippen LogP contribution in [0.15, 0.2) is 0 Å². The normalized spacial score (nSPS) is 20.8. The molecule has 1 aromatic rings. The fourth-order valence-corrected chi connectivity index (χ4v) is 2.54. The number of aryl methyl sites for hydroxylation is 1. The van der Waals surface area contributed by atoms with E-state index in [1.807, 2.05) is 0 Å². The molecule has 0 saturated heterocycles. The van der Waals surface area contributed by atoms with Crippen LogP contribution in [0.1, 0.15) is 34.6 Å². The van der Waals surface area contributed by atoms with Crippen molar-refractivity contribution in [3.63, 3.8) is 0 Å². The standard InChI is InChI=1S/C11H15N3O2/c1-13-10(11(15)16)8-6-14(7-2-3-7)5-4-9(8)12-13/h7H,2-6H2,1H3,(H,15,16). The third-order valence-corrected chi connectivity index (χ3v) is 3.49. The van der Waals surface area contributed by atoms with E-state index in [0.29, 0.717) is 11.7 Å². The van der Waals surface area contributed by atoms with Crippen LogP contribution in [0.3, 0.4) is 0 Å². The molecule has 0 bridgehead atoms. The van der Waals surface area contributed by atoms with Crippen LogP contribution in [0.25, 0.3) is 0 Å². The Hall–Kier alpha value is -1.36. The van der Waals surface area contributed by atoms with Gasteiger partial charge >= 0.3 is 5.97 Å². The maximum Gasteiger partial charge on any atom is 0.354 e. The maximum absolute atomic E-state index is 11.2. The van der Waals surface area contributed by atoms with Gasteiger partial charge in [0.25, 0.3) is 0 Å². The number of hydrogen-bond acceptors (Lipinski definition) is 3. The molecular formula is C11H15N3O2. The predicted octanol–water partition coefficient (Wildman–Crippen LogP) is 0.639. The molecule has 86 valence electrons. The zero-order chi connectivity index (χ0) is 11.3. The molecule has 0 amide bonds. The molecule has 0 radical (unpaired) electrons. The molecule has 2 aliphatic rings. The number of aromatic nitrogens is 2. The van der Waals surface area contributed by atoms with Crippen LogP contribution in [-0.2, 0) is 20.0 Å². The molecule has 5 heteroatoms. The van der Waals surface area contributed by atoms with Crippen molar-refractivity contribution in [3.05, 3.63) is 17.0 Å². The van der Waals surface area contributed by atoms with E-state index in [1.54, 1.807) is 7.05 Å². The molecule has 0 spiro atoms. The van der Waals surface area contributed by atoms with Gasteiger partial charge in [0.2, 0.25) is 0 Å². The van der Waals surface area contributed by atoms with Gasteiger partial charge in [-0.3, -0.25) is 9.58 Å². The fourth-order valence-electron chi connectivity index (χ4n) is 2.54. The zero-order valence-corrected chi connectivity index (χ0v) is 9.31. The van der Waals surface area contributed by atoms with Gasteiger partial charge in [-0.05, 0) is 12.8 Å². The highest BCUT2D eigenvalue weighted by molar-refractivity contribution is 5.87. The molecule has 2 heterocycles. The quantitative estimate of drug-likeness (QED) is 0.796. The molecule has 1 aliphatic heterocycles. The number of nitrogens with zero attached hydrogens (tertiary/aromatic N) is 3. The van der Waals surface area contributed by atoms with Gasteiger partial charge in [0.1, 0.15) is 0 Å². The number of aromatic carboxylic acids is 1. The Morgan fingerprint density at radius 3 is 2.88 bits per heavy atom. The van der Waals surface area contributed by atoms with Crippen molar-refractivity contribution < 1.29 is 9.90 Å². The van der Waals surface area contributed by atoms with Gasteiger partial charge < -0.3 is 5.11 Å². The van der Waals surface area contributed by atoms with Crippen LogP contribution >= 0.6 is 0 Å². The van der Waals surface area contributed by atoms with E-state index in [4.69, 9.17) is 0 Å². The number of carboxylic acid groups (broad SMARTS) is 1. The van der Waals surface area contributed by atoms with Crippen molar-refractivity contribution in [2.24, 2.45) is 7.05 Å². The van der Waals surface area contributed by atoms with Crippen molar-refractivity contribution in [1.29, 1.82) is 0 Å². The minimum atomic E-state index is -0.867. The van der Waals surface area contributed by atoms with Crippen LogP contribution in [0.4, 0.5) is 0 Å². The molecule has 0 aromatic carbocycles. The van der Waals surface area contributed by atoms with Crippen molar-refractivity contribution in [2.45, 2.75) is 31.8 Å². The second-order valence-electron chi connectivity index (χ2n) is 4.65. The summed E-state index contributed by atoms with van der Waals surface area (Å²) in [5.41, 5.74) is 2.25. The predicted molar refractivity (Wildman–Crippen MR) is 57.3 cm³/mol. The summed E-state index contributed by atoms with van der Waals surface area (Å²) in [6, 6.07) is 0.690. The van der Waals surface area contributed by atoms with Crippen molar-refractivity contribution in [2.75, 3.05) is 6.54 Å². The molecule has 16 heavy (non-hydrogen) atoms. The van der Waals surface area contributed by atoms with Gasteiger partial charge in [0, 0.05) is 38.2 Å². The molecule has 0 atom stereocenters. The molecule has 5 nitrogen and oxygen atoms in total. The highest BCUT2D eigenvalue weighted by atomic mass is 16.4. The topological polar surface area (TPSA) is 58.4 Å². The Kier molecular flexibility index (Phi) is 2.04. The van der Waals surface area contributed by atoms with Crippen LogP contribution in [0, 0.1) is 0 Å². The van der Waals surface area contributed by atoms with Crippen LogP contribution in [-0.4, -0.2) is 38.3 Å². The molecule has 1 N–H and O–H groups in total. The molecule has 1 fully saturated rings. The Morgan fingerprint density at radius 2 is 2.25 bits per heavy atom. The lowest BCUT2D eigenvalue weighted by atomic mass is 10.1. The minimum Gasteiger partial charge on any atom is -0.477 e. The Morgan fingerprint density at radius 1 is 1.50 bits per heavy atom. The van der Waals surface area contributed by atoms with Gasteiger partial charge in [-0.25, -0.2) is 4.79 Å². The summed E-state index contributed by atoms with van der Waals surface area (Å²) in [5.74, 6) is -0.867. The number of fused-ring (bicyclic) bond motifs is 1. The average Bonchev–Trinajstić information content (AvgIpc) is 2.99. The fraction of sp³-hybridized carbons (Fsp3) is 0.636. The van der Waals surface area contributed by atoms with Crippen molar-refractivity contribution >= 4 is 5.97 Å². The highest BCUT2D eigenvalue weighted by Gasteiger charge is 2.34. The van der Waals surface area contributed by atoms with Gasteiger partial charge in [0.15, 0.2) is 5.69 Å². The minimum absolute atomic E-state index is 0.361. The van der Waals surface area contributed by atoms with Crippen LogP contribution in [0.5, 0.6) is 0 Å². The van der Waals surface area contributed by atoms with E-state index in [-0.39, 0.29) is 0 Å². The summed E-state index contributed by atoms with van der Waals surface area (Å²) in [5, 5.41) is 13.5. The van der Waals surface area contributed by atoms with Gasteiger partial charge in [0.05, 0.1) is 5.69 Å². The summed E-state index contributed by atoms with van der Waals surface area (Å²) in [6.07, 6.45) is 3.41. The maximum atomic E-state index is 11.2. The zero-order valence-electron chi connectivity index (χ0n) is 9.31. The highest BCUT2D eigenvalue weighted by Crippen LogP contribution is 2.32. The van der Waals surface area contributed by atoms with Gasteiger partial charge in [-0.2, -0.15) is 5.10 Å². The van der Waals surface area contributed by atoms with Gasteiger partial charge in [-0.1, -0.05) is 0 Å². The van der Waals surface area contributed by atoms with E-state index in [0.717, 1.165) is 30.8 Å². The number of carboxylic acids is 1. The third kappa shape index (κ3) is 1.43. The van der Waals surface area contributed by atoms with Crippen molar-refractivity contribution in [3.8, 4) is 0 Å². The van der Waals surface area contributed by atoms with E-state index in [2.05, 4.69) is 10.00 Å². The summed E-state index contributed by atoms with van der Waals surface area (Å²) in [4.78, 5) is 13.6. The molecule has 1 saturated carbocycles. The second kappa shape index (κ2) is 3.31. The first kappa shape index (κ1) is 9.84. The smallest absolute Gasteiger partial charge is 0.354 e. The Bertz CT molecular complexity index is 448. The monoisotopic (exact) mass is 221 g/mol.